The van der Waals surface area contributed by atoms with Crippen molar-refractivity contribution in [3.63, 3.8) is 0 Å². The Morgan fingerprint density at radius 1 is 1.36 bits per heavy atom. The maximum Gasteiger partial charge on any atom is 0.121 e. The van der Waals surface area contributed by atoms with Crippen LogP contribution in [0.3, 0.4) is 0 Å². The second-order valence-corrected chi connectivity index (χ2v) is 3.17. The summed E-state index contributed by atoms with van der Waals surface area (Å²) in [7, 11) is 0. The van der Waals surface area contributed by atoms with E-state index in [4.69, 9.17) is 5.73 Å². The van der Waals surface area contributed by atoms with Gasteiger partial charge in [0.1, 0.15) is 5.82 Å². The fourth-order valence-corrected chi connectivity index (χ4v) is 1.40. The molecule has 0 aliphatic heterocycles. The van der Waals surface area contributed by atoms with E-state index in [-0.39, 0.29) is 0 Å². The van der Waals surface area contributed by atoms with E-state index in [0.29, 0.717) is 6.54 Å². The van der Waals surface area contributed by atoms with Crippen LogP contribution in [0.15, 0.2) is 24.3 Å². The number of para-hydroxylation sites is 2. The van der Waals surface area contributed by atoms with Gasteiger partial charge < -0.3 is 16.0 Å². The summed E-state index contributed by atoms with van der Waals surface area (Å²) in [6.07, 6.45) is 0. The zero-order valence-electron chi connectivity index (χ0n) is 7.96. The van der Waals surface area contributed by atoms with Crippen LogP contribution in [0.1, 0.15) is 5.82 Å². The van der Waals surface area contributed by atoms with Gasteiger partial charge in [-0.3, -0.25) is 0 Å². The van der Waals surface area contributed by atoms with Crippen LogP contribution in [-0.4, -0.2) is 23.1 Å². The molecule has 2 rings (SSSR count). The molecule has 0 saturated heterocycles. The number of aromatic nitrogens is 2. The lowest BCUT2D eigenvalue weighted by Crippen LogP contribution is -2.22. The third-order valence-corrected chi connectivity index (χ3v) is 2.05. The van der Waals surface area contributed by atoms with Gasteiger partial charge in [0.15, 0.2) is 0 Å². The summed E-state index contributed by atoms with van der Waals surface area (Å²) in [6, 6.07) is 8.00. The Morgan fingerprint density at radius 2 is 2.21 bits per heavy atom. The number of nitrogens with two attached hydrogens (primary N) is 1. The topological polar surface area (TPSA) is 66.7 Å². The third kappa shape index (κ3) is 1.92. The third-order valence-electron chi connectivity index (χ3n) is 2.05. The molecule has 0 aliphatic rings. The first kappa shape index (κ1) is 9.18. The molecule has 4 nitrogen and oxygen atoms in total. The first-order valence-electron chi connectivity index (χ1n) is 4.74. The largest absolute Gasteiger partial charge is 0.341 e. The summed E-state index contributed by atoms with van der Waals surface area (Å²) in [4.78, 5) is 7.67. The lowest BCUT2D eigenvalue weighted by atomic mass is 10.3. The van der Waals surface area contributed by atoms with Crippen molar-refractivity contribution >= 4 is 11.0 Å². The van der Waals surface area contributed by atoms with Gasteiger partial charge in [-0.05, 0) is 12.1 Å². The minimum atomic E-state index is 0.653. The fraction of sp³-hybridized carbons (Fsp3) is 0.300. The fourth-order valence-electron chi connectivity index (χ4n) is 1.40. The number of hydrogen-bond donors (Lipinski definition) is 3. The molecule has 0 fully saturated rings. The number of rotatable bonds is 4. The first-order valence-corrected chi connectivity index (χ1v) is 4.74. The maximum absolute atomic E-state index is 5.37. The molecule has 4 N–H and O–H groups in total. The maximum atomic E-state index is 5.37. The van der Waals surface area contributed by atoms with Crippen LogP contribution in [0.4, 0.5) is 0 Å². The Balaban J connectivity index is 2.11. The highest BCUT2D eigenvalue weighted by Gasteiger charge is 1.99. The first-order chi connectivity index (χ1) is 6.90. The molecule has 0 spiro atoms. The van der Waals surface area contributed by atoms with Gasteiger partial charge in [0.25, 0.3) is 0 Å². The lowest BCUT2D eigenvalue weighted by Gasteiger charge is -1.97. The van der Waals surface area contributed by atoms with E-state index < -0.39 is 0 Å². The van der Waals surface area contributed by atoms with Gasteiger partial charge in [0.2, 0.25) is 0 Å². The van der Waals surface area contributed by atoms with Crippen molar-refractivity contribution in [2.45, 2.75) is 6.54 Å². The van der Waals surface area contributed by atoms with E-state index in [9.17, 15) is 0 Å². The van der Waals surface area contributed by atoms with Crippen LogP contribution >= 0.6 is 0 Å². The van der Waals surface area contributed by atoms with Crippen LogP contribution < -0.4 is 11.1 Å². The average molecular weight is 190 g/mol. The molecule has 1 heterocycles. The Kier molecular flexibility index (Phi) is 2.76. The van der Waals surface area contributed by atoms with Crippen molar-refractivity contribution in [1.82, 2.24) is 15.3 Å². The van der Waals surface area contributed by atoms with Crippen molar-refractivity contribution in [2.75, 3.05) is 13.1 Å². The smallest absolute Gasteiger partial charge is 0.121 e. The SMILES string of the molecule is NCCNCc1nc2ccccc2[nH]1. The van der Waals surface area contributed by atoms with Crippen molar-refractivity contribution in [2.24, 2.45) is 5.73 Å². The van der Waals surface area contributed by atoms with Crippen LogP contribution in [0, 0.1) is 0 Å². The molecule has 0 atom stereocenters. The Hall–Kier alpha value is -1.39. The van der Waals surface area contributed by atoms with E-state index in [2.05, 4.69) is 15.3 Å². The van der Waals surface area contributed by atoms with Crippen molar-refractivity contribution in [3.8, 4) is 0 Å². The molecular weight excluding hydrogens is 176 g/mol. The molecule has 0 bridgehead atoms. The van der Waals surface area contributed by atoms with Gasteiger partial charge in [-0.1, -0.05) is 12.1 Å². The van der Waals surface area contributed by atoms with E-state index in [0.717, 1.165) is 29.9 Å². The van der Waals surface area contributed by atoms with Gasteiger partial charge in [0, 0.05) is 13.1 Å². The average Bonchev–Trinajstić information content (AvgIpc) is 2.60. The molecule has 1 aromatic carbocycles. The van der Waals surface area contributed by atoms with Gasteiger partial charge >= 0.3 is 0 Å². The summed E-state index contributed by atoms with van der Waals surface area (Å²) >= 11 is 0. The zero-order chi connectivity index (χ0) is 9.80. The van der Waals surface area contributed by atoms with Crippen molar-refractivity contribution < 1.29 is 0 Å². The number of nitrogens with zero attached hydrogens (tertiary/aromatic N) is 1. The summed E-state index contributed by atoms with van der Waals surface area (Å²) in [5.74, 6) is 0.958. The molecule has 0 saturated carbocycles. The predicted molar refractivity (Wildman–Crippen MR) is 56.9 cm³/mol. The molecular formula is C10H14N4. The standard InChI is InChI=1S/C10H14N4/c11-5-6-12-7-10-13-8-3-1-2-4-9(8)14-10/h1-4,12H,5-7,11H2,(H,13,14). The zero-order valence-corrected chi connectivity index (χ0v) is 7.96. The van der Waals surface area contributed by atoms with Crippen LogP contribution in [0.2, 0.25) is 0 Å². The minimum absolute atomic E-state index is 0.653. The van der Waals surface area contributed by atoms with Gasteiger partial charge in [-0.25, -0.2) is 4.98 Å². The number of imidazole rings is 1. The molecule has 74 valence electrons. The Morgan fingerprint density at radius 3 is 3.00 bits per heavy atom. The summed E-state index contributed by atoms with van der Waals surface area (Å²) in [6.45, 7) is 2.21. The van der Waals surface area contributed by atoms with Gasteiger partial charge in [0.05, 0.1) is 17.6 Å². The summed E-state index contributed by atoms with van der Waals surface area (Å²) < 4.78 is 0. The summed E-state index contributed by atoms with van der Waals surface area (Å²) in [5.41, 5.74) is 7.47. The molecule has 0 amide bonds. The van der Waals surface area contributed by atoms with E-state index in [1.54, 1.807) is 0 Å². The number of H-pyrrole nitrogens is 1. The Bertz CT molecular complexity index is 374. The molecule has 4 heteroatoms. The Labute approximate surface area is 82.5 Å². The normalized spacial score (nSPS) is 10.9. The quantitative estimate of drug-likeness (QED) is 0.619. The molecule has 0 aliphatic carbocycles. The van der Waals surface area contributed by atoms with Crippen LogP contribution in [0.25, 0.3) is 11.0 Å². The van der Waals surface area contributed by atoms with E-state index in [1.165, 1.54) is 0 Å². The van der Waals surface area contributed by atoms with Gasteiger partial charge in [-0.15, -0.1) is 0 Å². The lowest BCUT2D eigenvalue weighted by molar-refractivity contribution is 0.673. The number of benzene rings is 1. The molecule has 0 radical (unpaired) electrons. The van der Waals surface area contributed by atoms with Crippen LogP contribution in [-0.2, 0) is 6.54 Å². The van der Waals surface area contributed by atoms with Crippen molar-refractivity contribution in [1.29, 1.82) is 0 Å². The van der Waals surface area contributed by atoms with E-state index >= 15 is 0 Å². The molecule has 0 unspecified atom stereocenters. The van der Waals surface area contributed by atoms with Crippen LogP contribution in [0.5, 0.6) is 0 Å². The highest BCUT2D eigenvalue weighted by molar-refractivity contribution is 5.74. The minimum Gasteiger partial charge on any atom is -0.341 e. The summed E-state index contributed by atoms with van der Waals surface area (Å²) in [5, 5.41) is 3.19. The monoisotopic (exact) mass is 190 g/mol. The van der Waals surface area contributed by atoms with E-state index in [1.807, 2.05) is 24.3 Å². The van der Waals surface area contributed by atoms with Crippen molar-refractivity contribution in [3.05, 3.63) is 30.1 Å². The highest BCUT2D eigenvalue weighted by atomic mass is 15.0. The van der Waals surface area contributed by atoms with Gasteiger partial charge in [-0.2, -0.15) is 0 Å². The highest BCUT2D eigenvalue weighted by Crippen LogP contribution is 2.09. The number of nitrogens with one attached hydrogen (secondary N) is 2. The molecule has 1 aromatic heterocycles. The second kappa shape index (κ2) is 4.21. The molecule has 2 aromatic rings. The number of hydrogen-bond acceptors (Lipinski definition) is 3. The second-order valence-electron chi connectivity index (χ2n) is 3.17. The predicted octanol–water partition coefficient (Wildman–Crippen LogP) is 0.611. The number of aromatic amines is 1. The number of fused-ring (bicyclic) bond motifs is 1. The molecule has 14 heavy (non-hydrogen) atoms.